The Kier molecular flexibility index (Phi) is 3.82. The standard InChI is InChI=1S/C14H12ClF2N/c1-9(13-7-4-11(16)8-14(13)17)18-12-5-2-10(15)3-6-12/h2-9,18H,1H3. The molecule has 94 valence electrons. The molecule has 1 atom stereocenters. The van der Waals surface area contributed by atoms with Crippen LogP contribution in [0.25, 0.3) is 0 Å². The fourth-order valence-corrected chi connectivity index (χ4v) is 1.85. The number of nitrogens with one attached hydrogen (secondary N) is 1. The third kappa shape index (κ3) is 2.99. The second-order valence-electron chi connectivity index (χ2n) is 4.04. The molecule has 0 spiro atoms. The largest absolute Gasteiger partial charge is 0.378 e. The zero-order valence-electron chi connectivity index (χ0n) is 9.75. The van der Waals surface area contributed by atoms with Crippen molar-refractivity contribution in [1.29, 1.82) is 0 Å². The highest BCUT2D eigenvalue weighted by molar-refractivity contribution is 6.30. The Hall–Kier alpha value is -1.61. The van der Waals surface area contributed by atoms with Crippen molar-refractivity contribution in [2.24, 2.45) is 0 Å². The van der Waals surface area contributed by atoms with Gasteiger partial charge in [0.15, 0.2) is 0 Å². The van der Waals surface area contributed by atoms with Crippen LogP contribution in [-0.2, 0) is 0 Å². The van der Waals surface area contributed by atoms with Gasteiger partial charge < -0.3 is 5.32 Å². The van der Waals surface area contributed by atoms with Crippen molar-refractivity contribution < 1.29 is 8.78 Å². The third-order valence-electron chi connectivity index (χ3n) is 2.66. The van der Waals surface area contributed by atoms with Crippen molar-refractivity contribution in [3.63, 3.8) is 0 Å². The summed E-state index contributed by atoms with van der Waals surface area (Å²) in [6.07, 6.45) is 0. The Morgan fingerprint density at radius 1 is 1.06 bits per heavy atom. The Morgan fingerprint density at radius 3 is 2.33 bits per heavy atom. The maximum Gasteiger partial charge on any atom is 0.131 e. The summed E-state index contributed by atoms with van der Waals surface area (Å²) >= 11 is 5.78. The van der Waals surface area contributed by atoms with Crippen molar-refractivity contribution >= 4 is 17.3 Å². The molecule has 1 nitrogen and oxygen atoms in total. The van der Waals surface area contributed by atoms with Crippen LogP contribution in [0.2, 0.25) is 5.02 Å². The molecule has 0 radical (unpaired) electrons. The molecule has 1 unspecified atom stereocenters. The van der Waals surface area contributed by atoms with Crippen molar-refractivity contribution in [3.8, 4) is 0 Å². The maximum atomic E-state index is 13.6. The minimum Gasteiger partial charge on any atom is -0.378 e. The van der Waals surface area contributed by atoms with Crippen LogP contribution in [0.5, 0.6) is 0 Å². The van der Waals surface area contributed by atoms with Crippen LogP contribution in [0.15, 0.2) is 42.5 Å². The molecule has 0 amide bonds. The number of benzene rings is 2. The minimum absolute atomic E-state index is 0.258. The zero-order chi connectivity index (χ0) is 13.1. The Morgan fingerprint density at radius 2 is 1.72 bits per heavy atom. The van der Waals surface area contributed by atoms with E-state index in [1.165, 1.54) is 12.1 Å². The van der Waals surface area contributed by atoms with Gasteiger partial charge in [-0.3, -0.25) is 0 Å². The Bertz CT molecular complexity index is 540. The average Bonchev–Trinajstić information content (AvgIpc) is 2.32. The first-order chi connectivity index (χ1) is 8.56. The van der Waals surface area contributed by atoms with Crippen molar-refractivity contribution in [2.75, 3.05) is 5.32 Å². The van der Waals surface area contributed by atoms with E-state index in [2.05, 4.69) is 5.32 Å². The predicted molar refractivity (Wildman–Crippen MR) is 69.8 cm³/mol. The molecule has 0 heterocycles. The molecule has 1 N–H and O–H groups in total. The minimum atomic E-state index is -0.574. The molecule has 0 aromatic heterocycles. The van der Waals surface area contributed by atoms with Gasteiger partial charge in [0, 0.05) is 22.3 Å². The molecule has 0 aliphatic rings. The molecule has 0 bridgehead atoms. The quantitative estimate of drug-likeness (QED) is 0.843. The zero-order valence-corrected chi connectivity index (χ0v) is 10.5. The van der Waals surface area contributed by atoms with Gasteiger partial charge in [-0.25, -0.2) is 8.78 Å². The topological polar surface area (TPSA) is 12.0 Å². The monoisotopic (exact) mass is 267 g/mol. The second-order valence-corrected chi connectivity index (χ2v) is 4.48. The van der Waals surface area contributed by atoms with Gasteiger partial charge in [-0.15, -0.1) is 0 Å². The number of hydrogen-bond acceptors (Lipinski definition) is 1. The SMILES string of the molecule is CC(Nc1ccc(Cl)cc1)c1ccc(F)cc1F. The lowest BCUT2D eigenvalue weighted by Crippen LogP contribution is -2.08. The lowest BCUT2D eigenvalue weighted by Gasteiger charge is -2.16. The Labute approximate surface area is 109 Å². The fourth-order valence-electron chi connectivity index (χ4n) is 1.73. The summed E-state index contributed by atoms with van der Waals surface area (Å²) < 4.78 is 26.4. The van der Waals surface area contributed by atoms with Crippen LogP contribution >= 0.6 is 11.6 Å². The van der Waals surface area contributed by atoms with Crippen LogP contribution in [-0.4, -0.2) is 0 Å². The van der Waals surface area contributed by atoms with E-state index >= 15 is 0 Å². The summed E-state index contributed by atoms with van der Waals surface area (Å²) in [5.74, 6) is -1.13. The predicted octanol–water partition coefficient (Wildman–Crippen LogP) is 4.79. The lowest BCUT2D eigenvalue weighted by molar-refractivity contribution is 0.566. The van der Waals surface area contributed by atoms with Gasteiger partial charge in [0.05, 0.1) is 6.04 Å². The van der Waals surface area contributed by atoms with Crippen LogP contribution in [0, 0.1) is 11.6 Å². The van der Waals surface area contributed by atoms with E-state index in [1.54, 1.807) is 24.3 Å². The van der Waals surface area contributed by atoms with Crippen LogP contribution < -0.4 is 5.32 Å². The van der Waals surface area contributed by atoms with Gasteiger partial charge in [0.1, 0.15) is 11.6 Å². The van der Waals surface area contributed by atoms with E-state index < -0.39 is 11.6 Å². The molecule has 0 fully saturated rings. The van der Waals surface area contributed by atoms with Gasteiger partial charge in [-0.2, -0.15) is 0 Å². The highest BCUT2D eigenvalue weighted by atomic mass is 35.5. The summed E-state index contributed by atoms with van der Waals surface area (Å²) in [5, 5.41) is 3.76. The first kappa shape index (κ1) is 12.8. The molecule has 2 aromatic rings. The van der Waals surface area contributed by atoms with E-state index in [4.69, 9.17) is 11.6 Å². The first-order valence-corrected chi connectivity index (χ1v) is 5.91. The summed E-state index contributed by atoms with van der Waals surface area (Å²) in [6.45, 7) is 1.81. The van der Waals surface area contributed by atoms with Crippen LogP contribution in [0.3, 0.4) is 0 Å². The maximum absolute atomic E-state index is 13.6. The molecular weight excluding hydrogens is 256 g/mol. The van der Waals surface area contributed by atoms with Crippen molar-refractivity contribution in [2.45, 2.75) is 13.0 Å². The van der Waals surface area contributed by atoms with Crippen molar-refractivity contribution in [3.05, 3.63) is 64.7 Å². The van der Waals surface area contributed by atoms with E-state index in [-0.39, 0.29) is 6.04 Å². The summed E-state index contributed by atoms with van der Waals surface area (Å²) in [7, 11) is 0. The van der Waals surface area contributed by atoms with Gasteiger partial charge >= 0.3 is 0 Å². The summed E-state index contributed by atoms with van der Waals surface area (Å²) in [4.78, 5) is 0. The number of anilines is 1. The molecular formula is C14H12ClF2N. The average molecular weight is 268 g/mol. The molecule has 2 aromatic carbocycles. The molecule has 18 heavy (non-hydrogen) atoms. The number of rotatable bonds is 3. The second kappa shape index (κ2) is 5.36. The molecule has 0 saturated heterocycles. The van der Waals surface area contributed by atoms with Gasteiger partial charge in [-0.1, -0.05) is 17.7 Å². The molecule has 4 heteroatoms. The first-order valence-electron chi connectivity index (χ1n) is 5.53. The molecule has 0 saturated carbocycles. The highest BCUT2D eigenvalue weighted by Gasteiger charge is 2.11. The fraction of sp³-hybridized carbons (Fsp3) is 0.143. The smallest absolute Gasteiger partial charge is 0.131 e. The van der Waals surface area contributed by atoms with Gasteiger partial charge in [0.2, 0.25) is 0 Å². The van der Waals surface area contributed by atoms with E-state index in [0.717, 1.165) is 11.8 Å². The van der Waals surface area contributed by atoms with Gasteiger partial charge in [0.25, 0.3) is 0 Å². The molecule has 0 aliphatic carbocycles. The van der Waals surface area contributed by atoms with Crippen LogP contribution in [0.4, 0.5) is 14.5 Å². The normalized spacial score (nSPS) is 12.2. The molecule has 0 aliphatic heterocycles. The summed E-state index contributed by atoms with van der Waals surface area (Å²) in [6, 6.07) is 10.4. The summed E-state index contributed by atoms with van der Waals surface area (Å²) in [5.41, 5.74) is 1.25. The van der Waals surface area contributed by atoms with Crippen LogP contribution in [0.1, 0.15) is 18.5 Å². The van der Waals surface area contributed by atoms with E-state index in [0.29, 0.717) is 10.6 Å². The van der Waals surface area contributed by atoms with Gasteiger partial charge in [-0.05, 0) is 37.3 Å². The highest BCUT2D eigenvalue weighted by Crippen LogP contribution is 2.23. The Balaban J connectivity index is 2.16. The van der Waals surface area contributed by atoms with E-state index in [1.807, 2.05) is 6.92 Å². The number of hydrogen-bond donors (Lipinski definition) is 1. The van der Waals surface area contributed by atoms with E-state index in [9.17, 15) is 8.78 Å². The molecule has 2 rings (SSSR count). The lowest BCUT2D eigenvalue weighted by atomic mass is 10.1. The third-order valence-corrected chi connectivity index (χ3v) is 2.91. The van der Waals surface area contributed by atoms with Crippen molar-refractivity contribution in [1.82, 2.24) is 0 Å². The number of halogens is 3.